The van der Waals surface area contributed by atoms with Gasteiger partial charge in [0.25, 0.3) is 0 Å². The number of hydrogen-bond donors (Lipinski definition) is 2. The molecule has 0 unspecified atom stereocenters. The fourth-order valence-electron chi connectivity index (χ4n) is 3.29. The number of carbonyl (C=O) groups excluding carboxylic acids is 1. The summed E-state index contributed by atoms with van der Waals surface area (Å²) in [7, 11) is 0. The minimum Gasteiger partial charge on any atom is -0.352 e. The molecule has 0 radical (unpaired) electrons. The summed E-state index contributed by atoms with van der Waals surface area (Å²) in [5.41, 5.74) is 3.58. The van der Waals surface area contributed by atoms with E-state index in [1.54, 1.807) is 0 Å². The summed E-state index contributed by atoms with van der Waals surface area (Å²) in [5.74, 6) is 0.456. The lowest BCUT2D eigenvalue weighted by Crippen LogP contribution is -2.41. The minimum atomic E-state index is -0.338. The van der Waals surface area contributed by atoms with Crippen LogP contribution in [0.2, 0.25) is 0 Å². The summed E-state index contributed by atoms with van der Waals surface area (Å²) in [4.78, 5) is 12.9. The van der Waals surface area contributed by atoms with Crippen LogP contribution in [0.25, 0.3) is 0 Å². The van der Waals surface area contributed by atoms with Gasteiger partial charge >= 0.3 is 0 Å². The third kappa shape index (κ3) is 4.73. The maximum Gasteiger partial charge on any atom is 0.241 e. The van der Waals surface area contributed by atoms with Crippen molar-refractivity contribution in [3.63, 3.8) is 0 Å². The summed E-state index contributed by atoms with van der Waals surface area (Å²) in [6.45, 7) is 6.57. The molecular weight excluding hydrogens is 320 g/mol. The maximum atomic E-state index is 12.9. The van der Waals surface area contributed by atoms with Crippen LogP contribution >= 0.6 is 0 Å². The molecule has 2 aromatic carbocycles. The average Bonchev–Trinajstić information content (AvgIpc) is 3.47. The maximum absolute atomic E-state index is 12.9. The van der Waals surface area contributed by atoms with Crippen molar-refractivity contribution < 1.29 is 4.79 Å². The van der Waals surface area contributed by atoms with Crippen LogP contribution in [0, 0.1) is 5.92 Å². The highest BCUT2D eigenvalue weighted by Crippen LogP contribution is 2.28. The van der Waals surface area contributed by atoms with Crippen molar-refractivity contribution in [3.8, 4) is 0 Å². The molecule has 26 heavy (non-hydrogen) atoms. The molecule has 0 saturated heterocycles. The molecule has 1 saturated carbocycles. The van der Waals surface area contributed by atoms with Crippen molar-refractivity contribution in [1.82, 2.24) is 10.6 Å². The number of benzene rings is 2. The number of aryl methyl sites for hydroxylation is 1. The summed E-state index contributed by atoms with van der Waals surface area (Å²) in [6.07, 6.45) is 3.23. The molecule has 3 heteroatoms. The monoisotopic (exact) mass is 350 g/mol. The van der Waals surface area contributed by atoms with Gasteiger partial charge in [0.05, 0.1) is 0 Å². The highest BCUT2D eigenvalue weighted by Gasteiger charge is 2.30. The molecule has 2 aromatic rings. The summed E-state index contributed by atoms with van der Waals surface area (Å²) >= 11 is 0. The Hall–Kier alpha value is -2.13. The van der Waals surface area contributed by atoms with Crippen LogP contribution < -0.4 is 10.6 Å². The molecule has 1 aliphatic carbocycles. The zero-order valence-electron chi connectivity index (χ0n) is 16.0. The molecule has 2 atom stereocenters. The van der Waals surface area contributed by atoms with Crippen molar-refractivity contribution in [2.75, 3.05) is 0 Å². The fourth-order valence-corrected chi connectivity index (χ4v) is 3.29. The zero-order valence-corrected chi connectivity index (χ0v) is 16.0. The van der Waals surface area contributed by atoms with E-state index in [2.05, 4.69) is 55.7 Å². The van der Waals surface area contributed by atoms with Gasteiger partial charge in [-0.3, -0.25) is 10.1 Å². The molecule has 0 heterocycles. The Bertz CT molecular complexity index is 705. The second-order valence-corrected chi connectivity index (χ2v) is 7.61. The molecule has 3 rings (SSSR count). The van der Waals surface area contributed by atoms with Crippen molar-refractivity contribution in [1.29, 1.82) is 0 Å². The van der Waals surface area contributed by atoms with E-state index in [4.69, 9.17) is 0 Å². The predicted octanol–water partition coefficient (Wildman–Crippen LogP) is 4.56. The van der Waals surface area contributed by atoms with Gasteiger partial charge in [-0.05, 0) is 41.9 Å². The number of amides is 1. The first-order chi connectivity index (χ1) is 12.6. The molecule has 1 aliphatic rings. The Labute approximate surface area is 157 Å². The number of hydrogen-bond acceptors (Lipinski definition) is 2. The Morgan fingerprint density at radius 3 is 2.19 bits per heavy atom. The van der Waals surface area contributed by atoms with E-state index in [9.17, 15) is 4.79 Å². The van der Waals surface area contributed by atoms with Gasteiger partial charge in [0, 0.05) is 12.1 Å². The lowest BCUT2D eigenvalue weighted by Gasteiger charge is -2.29. The van der Waals surface area contributed by atoms with Crippen LogP contribution in [0.3, 0.4) is 0 Å². The number of carbonyl (C=O) groups is 1. The first kappa shape index (κ1) is 18.7. The molecule has 1 fully saturated rings. The quantitative estimate of drug-likeness (QED) is 0.733. The highest BCUT2D eigenvalue weighted by atomic mass is 16.2. The Morgan fingerprint density at radius 2 is 1.65 bits per heavy atom. The first-order valence-corrected chi connectivity index (χ1v) is 9.78. The third-order valence-electron chi connectivity index (χ3n) is 5.08. The van der Waals surface area contributed by atoms with Crippen molar-refractivity contribution in [2.45, 2.75) is 58.2 Å². The van der Waals surface area contributed by atoms with Crippen LogP contribution in [0.15, 0.2) is 54.6 Å². The van der Waals surface area contributed by atoms with Crippen LogP contribution in [0.1, 0.15) is 62.4 Å². The van der Waals surface area contributed by atoms with Gasteiger partial charge in [-0.15, -0.1) is 0 Å². The second kappa shape index (κ2) is 8.50. The van der Waals surface area contributed by atoms with E-state index < -0.39 is 0 Å². The summed E-state index contributed by atoms with van der Waals surface area (Å²) in [5, 5.41) is 6.81. The number of nitrogens with one attached hydrogen (secondary N) is 2. The highest BCUT2D eigenvalue weighted by molar-refractivity contribution is 5.83. The van der Waals surface area contributed by atoms with Gasteiger partial charge in [-0.25, -0.2) is 0 Å². The van der Waals surface area contributed by atoms with E-state index in [0.717, 1.165) is 24.8 Å². The molecule has 0 aliphatic heterocycles. The lowest BCUT2D eigenvalue weighted by atomic mass is 9.93. The molecule has 2 N–H and O–H groups in total. The normalized spacial score (nSPS) is 16.3. The molecule has 138 valence electrons. The SMILES string of the molecule is CCc1ccc([C@H](N[C@H](C(=O)NC2CC2)c2ccccc2)C(C)C)cc1. The Balaban J connectivity index is 1.84. The van der Waals surface area contributed by atoms with Gasteiger partial charge in [0.2, 0.25) is 5.91 Å². The first-order valence-electron chi connectivity index (χ1n) is 9.78. The third-order valence-corrected chi connectivity index (χ3v) is 5.08. The molecule has 0 aromatic heterocycles. The minimum absolute atomic E-state index is 0.0783. The van der Waals surface area contributed by atoms with Gasteiger partial charge in [0.15, 0.2) is 0 Å². The molecule has 1 amide bonds. The van der Waals surface area contributed by atoms with E-state index >= 15 is 0 Å². The lowest BCUT2D eigenvalue weighted by molar-refractivity contribution is -0.123. The average molecular weight is 351 g/mol. The van der Waals surface area contributed by atoms with Crippen molar-refractivity contribution in [2.24, 2.45) is 5.92 Å². The van der Waals surface area contributed by atoms with Crippen LogP contribution in [0.5, 0.6) is 0 Å². The Kier molecular flexibility index (Phi) is 6.10. The topological polar surface area (TPSA) is 41.1 Å². The largest absolute Gasteiger partial charge is 0.352 e. The molecule has 0 spiro atoms. The van der Waals surface area contributed by atoms with Crippen molar-refractivity contribution in [3.05, 3.63) is 71.3 Å². The smallest absolute Gasteiger partial charge is 0.241 e. The zero-order chi connectivity index (χ0) is 18.5. The number of rotatable bonds is 8. The summed E-state index contributed by atoms with van der Waals surface area (Å²) in [6, 6.07) is 18.9. The second-order valence-electron chi connectivity index (χ2n) is 7.61. The van der Waals surface area contributed by atoms with Gasteiger partial charge in [0.1, 0.15) is 6.04 Å². The fraction of sp³-hybridized carbons (Fsp3) is 0.435. The Morgan fingerprint density at radius 1 is 1.00 bits per heavy atom. The predicted molar refractivity (Wildman–Crippen MR) is 107 cm³/mol. The molecule has 0 bridgehead atoms. The van der Waals surface area contributed by atoms with E-state index in [0.29, 0.717) is 12.0 Å². The van der Waals surface area contributed by atoms with Crippen LogP contribution in [-0.4, -0.2) is 11.9 Å². The van der Waals surface area contributed by atoms with Gasteiger partial charge in [-0.2, -0.15) is 0 Å². The van der Waals surface area contributed by atoms with E-state index in [-0.39, 0.29) is 18.0 Å². The molecule has 3 nitrogen and oxygen atoms in total. The van der Waals surface area contributed by atoms with Crippen LogP contribution in [-0.2, 0) is 11.2 Å². The molecular formula is C23H30N2O. The van der Waals surface area contributed by atoms with E-state index in [1.165, 1.54) is 11.1 Å². The van der Waals surface area contributed by atoms with E-state index in [1.807, 2.05) is 30.3 Å². The van der Waals surface area contributed by atoms with Crippen molar-refractivity contribution >= 4 is 5.91 Å². The summed E-state index contributed by atoms with van der Waals surface area (Å²) < 4.78 is 0. The van der Waals surface area contributed by atoms with Crippen LogP contribution in [0.4, 0.5) is 0 Å². The van der Waals surface area contributed by atoms with Gasteiger partial charge in [-0.1, -0.05) is 75.4 Å². The van der Waals surface area contributed by atoms with Gasteiger partial charge < -0.3 is 5.32 Å². The standard InChI is InChI=1S/C23H30N2O/c1-4-17-10-12-19(13-11-17)21(16(2)3)25-22(18-8-6-5-7-9-18)23(26)24-20-14-15-20/h5-13,16,20-22,25H,4,14-15H2,1-3H3,(H,24,26)/t21-,22+/m1/s1.